The monoisotopic (exact) mass is 264 g/mol. The summed E-state index contributed by atoms with van der Waals surface area (Å²) in [5, 5.41) is 5.03. The number of aromatic amines is 1. The fourth-order valence-corrected chi connectivity index (χ4v) is 1.82. The summed E-state index contributed by atoms with van der Waals surface area (Å²) in [7, 11) is 0. The van der Waals surface area contributed by atoms with Gasteiger partial charge in [-0.25, -0.2) is 9.50 Å². The van der Waals surface area contributed by atoms with E-state index >= 15 is 0 Å². The molecule has 3 rings (SSSR count). The quantitative estimate of drug-likeness (QED) is 0.667. The number of H-pyrrole nitrogens is 1. The van der Waals surface area contributed by atoms with Gasteiger partial charge in [-0.05, 0) is 22.0 Å². The van der Waals surface area contributed by atoms with Gasteiger partial charge >= 0.3 is 0 Å². The lowest BCUT2D eigenvalue weighted by atomic mass is 10.3. The molecule has 0 amide bonds. The molecular formula is C9H5BrN4O. The van der Waals surface area contributed by atoms with Crippen molar-refractivity contribution in [3.63, 3.8) is 0 Å². The Morgan fingerprint density at radius 2 is 2.33 bits per heavy atom. The van der Waals surface area contributed by atoms with Crippen molar-refractivity contribution in [2.75, 3.05) is 0 Å². The molecule has 5 nitrogen and oxygen atoms in total. The normalized spacial score (nSPS) is 11.3. The first kappa shape index (κ1) is 8.60. The molecule has 0 bridgehead atoms. The highest BCUT2D eigenvalue weighted by atomic mass is 79.9. The van der Waals surface area contributed by atoms with Gasteiger partial charge < -0.3 is 4.98 Å². The highest BCUT2D eigenvalue weighted by molar-refractivity contribution is 9.10. The molecular weight excluding hydrogens is 260 g/mol. The van der Waals surface area contributed by atoms with E-state index in [1.807, 2.05) is 6.07 Å². The highest BCUT2D eigenvalue weighted by Gasteiger charge is 2.06. The van der Waals surface area contributed by atoms with Gasteiger partial charge in [-0.3, -0.25) is 4.79 Å². The van der Waals surface area contributed by atoms with E-state index in [2.05, 4.69) is 31.0 Å². The number of fused-ring (bicyclic) bond motifs is 3. The van der Waals surface area contributed by atoms with Gasteiger partial charge in [0, 0.05) is 22.9 Å². The molecule has 0 fully saturated rings. The Morgan fingerprint density at radius 1 is 1.47 bits per heavy atom. The van der Waals surface area contributed by atoms with E-state index in [1.54, 1.807) is 16.9 Å². The molecule has 3 aromatic heterocycles. The topological polar surface area (TPSA) is 63.1 Å². The van der Waals surface area contributed by atoms with Crippen LogP contribution in [-0.4, -0.2) is 19.6 Å². The molecule has 0 unspecified atom stereocenters. The number of nitrogens with zero attached hydrogens (tertiary/aromatic N) is 3. The number of hydrogen-bond donors (Lipinski definition) is 1. The molecule has 0 aliphatic carbocycles. The summed E-state index contributed by atoms with van der Waals surface area (Å²) in [6.45, 7) is 0. The molecule has 3 heterocycles. The summed E-state index contributed by atoms with van der Waals surface area (Å²) in [6.07, 6.45) is 3.29. The summed E-state index contributed by atoms with van der Waals surface area (Å²) < 4.78 is 2.46. The largest absolute Gasteiger partial charge is 0.306 e. The Morgan fingerprint density at radius 3 is 3.20 bits per heavy atom. The zero-order chi connectivity index (χ0) is 10.4. The molecule has 0 aliphatic heterocycles. The molecule has 0 aliphatic rings. The van der Waals surface area contributed by atoms with Gasteiger partial charge in [0.15, 0.2) is 5.65 Å². The molecule has 15 heavy (non-hydrogen) atoms. The van der Waals surface area contributed by atoms with E-state index in [-0.39, 0.29) is 5.56 Å². The van der Waals surface area contributed by atoms with Crippen LogP contribution in [0.3, 0.4) is 0 Å². The Bertz CT molecular complexity index is 715. The van der Waals surface area contributed by atoms with Crippen LogP contribution in [0.25, 0.3) is 16.7 Å². The number of hydrogen-bond acceptors (Lipinski definition) is 3. The molecule has 74 valence electrons. The maximum absolute atomic E-state index is 11.2. The third-order valence-electron chi connectivity index (χ3n) is 2.13. The van der Waals surface area contributed by atoms with E-state index in [1.165, 1.54) is 6.07 Å². The number of rotatable bonds is 0. The Labute approximate surface area is 91.9 Å². The standard InChI is InChI=1S/C9H5BrN4O/c10-5-3-6-8(11-4-5)13-14-2-1-7(15)12-9(6)14/h1-4H,(H,12,15). The summed E-state index contributed by atoms with van der Waals surface area (Å²) in [5.74, 6) is 0. The van der Waals surface area contributed by atoms with Gasteiger partial charge in [-0.2, -0.15) is 0 Å². The fraction of sp³-hybridized carbons (Fsp3) is 0. The number of halogens is 1. The Hall–Kier alpha value is -1.69. The van der Waals surface area contributed by atoms with Crippen LogP contribution in [0.2, 0.25) is 0 Å². The highest BCUT2D eigenvalue weighted by Crippen LogP contribution is 2.18. The minimum absolute atomic E-state index is 0.149. The van der Waals surface area contributed by atoms with Crippen molar-refractivity contribution in [3.05, 3.63) is 39.4 Å². The minimum Gasteiger partial charge on any atom is -0.306 e. The van der Waals surface area contributed by atoms with Crippen LogP contribution in [0, 0.1) is 0 Å². The van der Waals surface area contributed by atoms with Crippen molar-refractivity contribution < 1.29 is 0 Å². The summed E-state index contributed by atoms with van der Waals surface area (Å²) in [5.41, 5.74) is 1.12. The first-order chi connectivity index (χ1) is 7.24. The lowest BCUT2D eigenvalue weighted by Gasteiger charge is -1.90. The number of aromatic nitrogens is 4. The molecule has 0 saturated carbocycles. The van der Waals surface area contributed by atoms with Crippen molar-refractivity contribution in [1.82, 2.24) is 19.6 Å². The van der Waals surface area contributed by atoms with Gasteiger partial charge in [0.25, 0.3) is 5.56 Å². The van der Waals surface area contributed by atoms with Crippen LogP contribution in [0.15, 0.2) is 33.8 Å². The number of nitrogens with one attached hydrogen (secondary N) is 1. The molecule has 6 heteroatoms. The summed E-state index contributed by atoms with van der Waals surface area (Å²) >= 11 is 3.33. The van der Waals surface area contributed by atoms with E-state index in [4.69, 9.17) is 0 Å². The van der Waals surface area contributed by atoms with Crippen molar-refractivity contribution in [2.45, 2.75) is 0 Å². The third-order valence-corrected chi connectivity index (χ3v) is 2.56. The third kappa shape index (κ3) is 1.25. The van der Waals surface area contributed by atoms with E-state index in [0.29, 0.717) is 11.3 Å². The second-order valence-electron chi connectivity index (χ2n) is 3.12. The van der Waals surface area contributed by atoms with Crippen molar-refractivity contribution in [3.8, 4) is 0 Å². The van der Waals surface area contributed by atoms with E-state index in [9.17, 15) is 4.79 Å². The van der Waals surface area contributed by atoms with Crippen LogP contribution >= 0.6 is 15.9 Å². The van der Waals surface area contributed by atoms with Crippen LogP contribution in [-0.2, 0) is 0 Å². The molecule has 0 radical (unpaired) electrons. The van der Waals surface area contributed by atoms with Crippen molar-refractivity contribution >= 4 is 32.6 Å². The van der Waals surface area contributed by atoms with Gasteiger partial charge in [0.1, 0.15) is 5.65 Å². The number of pyridine rings is 1. The van der Waals surface area contributed by atoms with Crippen LogP contribution < -0.4 is 5.56 Å². The SMILES string of the molecule is O=c1ccn2nc3ncc(Br)cc3c2[nH]1. The summed E-state index contributed by atoms with van der Waals surface area (Å²) in [6, 6.07) is 3.30. The maximum Gasteiger partial charge on any atom is 0.251 e. The van der Waals surface area contributed by atoms with Gasteiger partial charge in [0.2, 0.25) is 0 Å². The zero-order valence-corrected chi connectivity index (χ0v) is 9.02. The molecule has 0 atom stereocenters. The van der Waals surface area contributed by atoms with Crippen LogP contribution in [0.1, 0.15) is 0 Å². The fourth-order valence-electron chi connectivity index (χ4n) is 1.49. The zero-order valence-electron chi connectivity index (χ0n) is 7.44. The minimum atomic E-state index is -0.149. The van der Waals surface area contributed by atoms with Gasteiger partial charge in [0.05, 0.1) is 5.39 Å². The van der Waals surface area contributed by atoms with Gasteiger partial charge in [-0.1, -0.05) is 0 Å². The Kier molecular flexibility index (Phi) is 1.66. The van der Waals surface area contributed by atoms with Crippen molar-refractivity contribution in [2.24, 2.45) is 0 Å². The average molecular weight is 265 g/mol. The second kappa shape index (κ2) is 2.90. The van der Waals surface area contributed by atoms with Crippen LogP contribution in [0.4, 0.5) is 0 Å². The van der Waals surface area contributed by atoms with Gasteiger partial charge in [-0.15, -0.1) is 5.10 Å². The van der Waals surface area contributed by atoms with E-state index in [0.717, 1.165) is 9.86 Å². The second-order valence-corrected chi connectivity index (χ2v) is 4.04. The lowest BCUT2D eigenvalue weighted by Crippen LogP contribution is -2.05. The van der Waals surface area contributed by atoms with Crippen LogP contribution in [0.5, 0.6) is 0 Å². The Balaban J connectivity index is 2.60. The summed E-state index contributed by atoms with van der Waals surface area (Å²) in [4.78, 5) is 18.1. The van der Waals surface area contributed by atoms with Crippen molar-refractivity contribution in [1.29, 1.82) is 0 Å². The molecule has 3 aromatic rings. The lowest BCUT2D eigenvalue weighted by molar-refractivity contribution is 0.939. The molecule has 0 spiro atoms. The average Bonchev–Trinajstić information content (AvgIpc) is 2.56. The maximum atomic E-state index is 11.2. The van der Waals surface area contributed by atoms with E-state index < -0.39 is 0 Å². The predicted molar refractivity (Wildman–Crippen MR) is 58.8 cm³/mol. The predicted octanol–water partition coefficient (Wildman–Crippen LogP) is 1.33. The first-order valence-corrected chi connectivity index (χ1v) is 5.06. The molecule has 1 N–H and O–H groups in total. The first-order valence-electron chi connectivity index (χ1n) is 4.27. The smallest absolute Gasteiger partial charge is 0.251 e. The molecule has 0 saturated heterocycles. The molecule has 0 aromatic carbocycles.